The molecule has 1 aliphatic rings. The molecule has 3 rings (SSSR count). The molecule has 1 fully saturated rings. The fourth-order valence-electron chi connectivity index (χ4n) is 4.07. The van der Waals surface area contributed by atoms with Crippen LogP contribution in [0.3, 0.4) is 0 Å². The smallest absolute Gasteiger partial charge is 0.400 e. The first kappa shape index (κ1) is 19.8. The van der Waals surface area contributed by atoms with Gasteiger partial charge in [-0.05, 0) is 73.1 Å². The Balaban J connectivity index is 1.76. The van der Waals surface area contributed by atoms with E-state index in [0.29, 0.717) is 29.5 Å². The Morgan fingerprint density at radius 2 is 1.81 bits per heavy atom. The van der Waals surface area contributed by atoms with E-state index in [9.17, 15) is 13.2 Å². The molecule has 0 heterocycles. The molecule has 0 saturated heterocycles. The van der Waals surface area contributed by atoms with Gasteiger partial charge >= 0.3 is 6.11 Å². The van der Waals surface area contributed by atoms with Crippen molar-refractivity contribution in [3.63, 3.8) is 0 Å². The summed E-state index contributed by atoms with van der Waals surface area (Å²) in [6, 6.07) is 8.14. The fraction of sp³-hybridized carbons (Fsp3) is 0.478. The van der Waals surface area contributed by atoms with Crippen LogP contribution in [0.2, 0.25) is 0 Å². The van der Waals surface area contributed by atoms with Crippen LogP contribution in [-0.4, -0.2) is 6.11 Å². The number of hydrogen-bond donors (Lipinski definition) is 0. The van der Waals surface area contributed by atoms with Gasteiger partial charge in [-0.1, -0.05) is 44.1 Å². The zero-order chi connectivity index (χ0) is 19.4. The highest BCUT2D eigenvalue weighted by atomic mass is 19.3. The molecule has 0 aromatic heterocycles. The van der Waals surface area contributed by atoms with Crippen LogP contribution in [0.25, 0.3) is 16.8 Å². The molecule has 0 spiro atoms. The van der Waals surface area contributed by atoms with Crippen molar-refractivity contribution in [3.05, 3.63) is 47.8 Å². The molecule has 1 saturated carbocycles. The van der Waals surface area contributed by atoms with Crippen molar-refractivity contribution in [2.24, 2.45) is 11.8 Å². The Bertz CT molecular complexity index is 805. The largest absolute Gasteiger partial charge is 0.429 e. The van der Waals surface area contributed by atoms with Gasteiger partial charge in [-0.25, -0.2) is 4.39 Å². The average molecular weight is 376 g/mol. The second-order valence-corrected chi connectivity index (χ2v) is 7.56. The quantitative estimate of drug-likeness (QED) is 0.504. The van der Waals surface area contributed by atoms with E-state index in [0.717, 1.165) is 31.2 Å². The molecule has 0 aliphatic heterocycles. The van der Waals surface area contributed by atoms with E-state index in [1.807, 2.05) is 31.2 Å². The highest BCUT2D eigenvalue weighted by molar-refractivity contribution is 5.86. The minimum Gasteiger partial charge on any atom is -0.429 e. The van der Waals surface area contributed by atoms with E-state index in [1.165, 1.54) is 12.1 Å². The fourth-order valence-corrected chi connectivity index (χ4v) is 4.07. The standard InChI is InChI=1S/C23H27F3O/c1-3-5-16-8-11-20(12-9-16)23(25,26)27-22-15-18-10-7-17(6-4-2)13-19(18)14-21(22)24/h4,6-7,10,13-16,20H,3,5,8-9,11-12H2,1-2H3/b6-4+. The van der Waals surface area contributed by atoms with Crippen molar-refractivity contribution >= 4 is 16.8 Å². The van der Waals surface area contributed by atoms with Gasteiger partial charge in [0.15, 0.2) is 11.6 Å². The summed E-state index contributed by atoms with van der Waals surface area (Å²) in [7, 11) is 0. The maximum atomic E-state index is 14.7. The van der Waals surface area contributed by atoms with Crippen molar-refractivity contribution in [1.82, 2.24) is 0 Å². The maximum absolute atomic E-state index is 14.7. The van der Waals surface area contributed by atoms with Crippen molar-refractivity contribution in [2.75, 3.05) is 0 Å². The first-order valence-corrected chi connectivity index (χ1v) is 9.85. The minimum absolute atomic E-state index is 0.373. The lowest BCUT2D eigenvalue weighted by Crippen LogP contribution is -2.37. The van der Waals surface area contributed by atoms with Gasteiger partial charge in [0.05, 0.1) is 5.92 Å². The minimum atomic E-state index is -3.35. The number of rotatable bonds is 6. The Morgan fingerprint density at radius 1 is 1.07 bits per heavy atom. The maximum Gasteiger partial charge on any atom is 0.400 e. The molecule has 0 unspecified atom stereocenters. The van der Waals surface area contributed by atoms with Crippen molar-refractivity contribution in [2.45, 2.75) is 58.5 Å². The third-order valence-corrected chi connectivity index (χ3v) is 5.54. The van der Waals surface area contributed by atoms with Gasteiger partial charge in [0.25, 0.3) is 0 Å². The van der Waals surface area contributed by atoms with E-state index in [1.54, 1.807) is 6.07 Å². The van der Waals surface area contributed by atoms with Gasteiger partial charge in [-0.15, -0.1) is 0 Å². The average Bonchev–Trinajstić information content (AvgIpc) is 2.63. The number of hydrogen-bond acceptors (Lipinski definition) is 1. The van der Waals surface area contributed by atoms with Crippen LogP contribution >= 0.6 is 0 Å². The number of allylic oxidation sites excluding steroid dienone is 1. The first-order chi connectivity index (χ1) is 12.9. The van der Waals surface area contributed by atoms with Crippen molar-refractivity contribution < 1.29 is 17.9 Å². The van der Waals surface area contributed by atoms with Crippen LogP contribution in [-0.2, 0) is 0 Å². The van der Waals surface area contributed by atoms with E-state index >= 15 is 0 Å². The second-order valence-electron chi connectivity index (χ2n) is 7.56. The molecular weight excluding hydrogens is 349 g/mol. The number of benzene rings is 2. The van der Waals surface area contributed by atoms with Crippen LogP contribution in [0.15, 0.2) is 36.4 Å². The summed E-state index contributed by atoms with van der Waals surface area (Å²) < 4.78 is 48.7. The van der Waals surface area contributed by atoms with Crippen LogP contribution < -0.4 is 4.74 Å². The Hall–Kier alpha value is -1.97. The summed E-state index contributed by atoms with van der Waals surface area (Å²) >= 11 is 0. The summed E-state index contributed by atoms with van der Waals surface area (Å²) in [6.45, 7) is 4.02. The van der Waals surface area contributed by atoms with Crippen molar-refractivity contribution in [1.29, 1.82) is 0 Å². The molecule has 4 heteroatoms. The van der Waals surface area contributed by atoms with E-state index in [2.05, 4.69) is 6.92 Å². The van der Waals surface area contributed by atoms with Gasteiger partial charge < -0.3 is 4.74 Å². The topological polar surface area (TPSA) is 9.23 Å². The number of alkyl halides is 2. The molecule has 146 valence electrons. The van der Waals surface area contributed by atoms with Gasteiger partial charge in [0.2, 0.25) is 0 Å². The van der Waals surface area contributed by atoms with Gasteiger partial charge in [-0.2, -0.15) is 8.78 Å². The molecule has 0 N–H and O–H groups in total. The molecule has 0 amide bonds. The zero-order valence-electron chi connectivity index (χ0n) is 16.0. The molecule has 2 aromatic rings. The molecule has 0 radical (unpaired) electrons. The monoisotopic (exact) mass is 376 g/mol. The predicted molar refractivity (Wildman–Crippen MR) is 105 cm³/mol. The summed E-state index contributed by atoms with van der Waals surface area (Å²) in [4.78, 5) is 0. The first-order valence-electron chi connectivity index (χ1n) is 9.85. The van der Waals surface area contributed by atoms with E-state index < -0.39 is 17.8 Å². The predicted octanol–water partition coefficient (Wildman–Crippen LogP) is 7.59. The summed E-state index contributed by atoms with van der Waals surface area (Å²) in [6.07, 6.45) is 5.08. The van der Waals surface area contributed by atoms with E-state index in [4.69, 9.17) is 4.74 Å². The van der Waals surface area contributed by atoms with Gasteiger partial charge in [0, 0.05) is 0 Å². The summed E-state index contributed by atoms with van der Waals surface area (Å²) in [5.41, 5.74) is 0.937. The Labute approximate surface area is 159 Å². The summed E-state index contributed by atoms with van der Waals surface area (Å²) in [5.74, 6) is -1.44. The number of halogens is 3. The van der Waals surface area contributed by atoms with Crippen LogP contribution in [0.1, 0.15) is 57.9 Å². The van der Waals surface area contributed by atoms with Gasteiger partial charge in [0.1, 0.15) is 0 Å². The van der Waals surface area contributed by atoms with Crippen LogP contribution in [0.5, 0.6) is 5.75 Å². The second kappa shape index (κ2) is 8.37. The molecule has 1 aliphatic carbocycles. The van der Waals surface area contributed by atoms with Crippen LogP contribution in [0.4, 0.5) is 13.2 Å². The number of fused-ring (bicyclic) bond motifs is 1. The molecule has 0 atom stereocenters. The molecule has 2 aromatic carbocycles. The lowest BCUT2D eigenvalue weighted by Gasteiger charge is -2.33. The van der Waals surface area contributed by atoms with Crippen LogP contribution in [0, 0.1) is 17.7 Å². The van der Waals surface area contributed by atoms with E-state index in [-0.39, 0.29) is 5.75 Å². The summed E-state index contributed by atoms with van der Waals surface area (Å²) in [5, 5.41) is 1.35. The number of ether oxygens (including phenoxy) is 1. The molecule has 0 bridgehead atoms. The molecule has 27 heavy (non-hydrogen) atoms. The highest BCUT2D eigenvalue weighted by Crippen LogP contribution is 2.42. The lowest BCUT2D eigenvalue weighted by molar-refractivity contribution is -0.224. The molecular formula is C23H27F3O. The van der Waals surface area contributed by atoms with Gasteiger partial charge in [-0.3, -0.25) is 0 Å². The zero-order valence-corrected chi connectivity index (χ0v) is 16.0. The Kier molecular flexibility index (Phi) is 6.13. The highest BCUT2D eigenvalue weighted by Gasteiger charge is 2.44. The SMILES string of the molecule is C/C=C/c1ccc2cc(OC(F)(F)C3CCC(CCC)CC3)c(F)cc2c1. The normalized spacial score (nSPS) is 21.1. The lowest BCUT2D eigenvalue weighted by atomic mass is 9.79. The van der Waals surface area contributed by atoms with Crippen molar-refractivity contribution in [3.8, 4) is 5.75 Å². The third kappa shape index (κ3) is 4.66. The third-order valence-electron chi connectivity index (χ3n) is 5.54. The Morgan fingerprint density at radius 3 is 2.48 bits per heavy atom. The molecule has 1 nitrogen and oxygen atoms in total.